The summed E-state index contributed by atoms with van der Waals surface area (Å²) in [4.78, 5) is 11.2. The number of amides is 1. The summed E-state index contributed by atoms with van der Waals surface area (Å²) in [6, 6.07) is 3.35. The molecule has 19 heavy (non-hydrogen) atoms. The fourth-order valence-electron chi connectivity index (χ4n) is 1.43. The van der Waals surface area contributed by atoms with E-state index < -0.39 is 11.7 Å². The molecule has 0 spiro atoms. The standard InChI is InChI=1S/C12H14BrF3N2O/c1-2-17-11(19)5-6-18-10-4-3-8(7-9(10)13)12(14,15)16/h3-4,7,18H,2,5-6H2,1H3,(H,17,19). The van der Waals surface area contributed by atoms with Crippen LogP contribution in [0.4, 0.5) is 18.9 Å². The van der Waals surface area contributed by atoms with Gasteiger partial charge in [0, 0.05) is 29.7 Å². The second kappa shape index (κ2) is 6.79. The summed E-state index contributed by atoms with van der Waals surface area (Å²) < 4.78 is 37.7. The maximum atomic E-state index is 12.4. The topological polar surface area (TPSA) is 41.1 Å². The highest BCUT2D eigenvalue weighted by Gasteiger charge is 2.30. The van der Waals surface area contributed by atoms with Gasteiger partial charge in [-0.2, -0.15) is 13.2 Å². The number of benzene rings is 1. The van der Waals surface area contributed by atoms with Gasteiger partial charge in [0.15, 0.2) is 0 Å². The van der Waals surface area contributed by atoms with Crippen LogP contribution in [0.3, 0.4) is 0 Å². The molecule has 0 aromatic heterocycles. The van der Waals surface area contributed by atoms with Crippen LogP contribution >= 0.6 is 15.9 Å². The van der Waals surface area contributed by atoms with E-state index in [-0.39, 0.29) is 12.3 Å². The molecule has 0 radical (unpaired) electrons. The molecular weight excluding hydrogens is 325 g/mol. The molecule has 1 amide bonds. The number of carbonyl (C=O) groups is 1. The summed E-state index contributed by atoms with van der Waals surface area (Å²) in [6.45, 7) is 2.73. The number of nitrogens with one attached hydrogen (secondary N) is 2. The summed E-state index contributed by atoms with van der Waals surface area (Å²) in [6.07, 6.45) is -4.09. The zero-order valence-electron chi connectivity index (χ0n) is 10.3. The van der Waals surface area contributed by atoms with Crippen LogP contribution in [-0.4, -0.2) is 19.0 Å². The maximum absolute atomic E-state index is 12.4. The maximum Gasteiger partial charge on any atom is 0.416 e. The first-order valence-electron chi connectivity index (χ1n) is 5.72. The molecular formula is C12H14BrF3N2O. The van der Waals surface area contributed by atoms with Gasteiger partial charge in [-0.25, -0.2) is 0 Å². The Labute approximate surface area is 117 Å². The predicted octanol–water partition coefficient (Wildman–Crippen LogP) is 3.41. The second-order valence-electron chi connectivity index (χ2n) is 3.82. The fraction of sp³-hybridized carbons (Fsp3) is 0.417. The first-order chi connectivity index (χ1) is 8.84. The number of carbonyl (C=O) groups excluding carboxylic acids is 1. The SMILES string of the molecule is CCNC(=O)CCNc1ccc(C(F)(F)F)cc1Br. The Morgan fingerprint density at radius 1 is 1.37 bits per heavy atom. The smallest absolute Gasteiger partial charge is 0.384 e. The van der Waals surface area contributed by atoms with Crippen molar-refractivity contribution in [3.05, 3.63) is 28.2 Å². The third kappa shape index (κ3) is 5.10. The van der Waals surface area contributed by atoms with Crippen molar-refractivity contribution in [1.29, 1.82) is 0 Å². The highest BCUT2D eigenvalue weighted by molar-refractivity contribution is 9.10. The molecule has 0 bridgehead atoms. The molecule has 0 saturated carbocycles. The lowest BCUT2D eigenvalue weighted by atomic mass is 10.2. The normalized spacial score (nSPS) is 11.2. The van der Waals surface area contributed by atoms with Crippen molar-refractivity contribution in [1.82, 2.24) is 5.32 Å². The Bertz CT molecular complexity index is 449. The van der Waals surface area contributed by atoms with Gasteiger partial charge in [-0.05, 0) is 41.1 Å². The zero-order chi connectivity index (χ0) is 14.5. The predicted molar refractivity (Wildman–Crippen MR) is 70.9 cm³/mol. The van der Waals surface area contributed by atoms with Gasteiger partial charge in [0.25, 0.3) is 0 Å². The lowest BCUT2D eigenvalue weighted by Crippen LogP contribution is -2.24. The monoisotopic (exact) mass is 338 g/mol. The van der Waals surface area contributed by atoms with Gasteiger partial charge < -0.3 is 10.6 Å². The molecule has 0 aliphatic heterocycles. The van der Waals surface area contributed by atoms with Crippen LogP contribution in [-0.2, 0) is 11.0 Å². The van der Waals surface area contributed by atoms with Crippen LogP contribution in [0.25, 0.3) is 0 Å². The van der Waals surface area contributed by atoms with Crippen molar-refractivity contribution in [2.24, 2.45) is 0 Å². The number of alkyl halides is 3. The van der Waals surface area contributed by atoms with E-state index in [0.29, 0.717) is 23.2 Å². The minimum atomic E-state index is -4.36. The summed E-state index contributed by atoms with van der Waals surface area (Å²) >= 11 is 3.07. The fourth-order valence-corrected chi connectivity index (χ4v) is 1.95. The first kappa shape index (κ1) is 15.8. The molecule has 2 N–H and O–H groups in total. The van der Waals surface area contributed by atoms with E-state index in [4.69, 9.17) is 0 Å². The van der Waals surface area contributed by atoms with Gasteiger partial charge >= 0.3 is 6.18 Å². The van der Waals surface area contributed by atoms with Crippen LogP contribution in [0.2, 0.25) is 0 Å². The van der Waals surface area contributed by atoms with Crippen LogP contribution in [0.1, 0.15) is 18.9 Å². The average Bonchev–Trinajstić information content (AvgIpc) is 2.30. The van der Waals surface area contributed by atoms with Crippen molar-refractivity contribution in [3.63, 3.8) is 0 Å². The quantitative estimate of drug-likeness (QED) is 0.863. The summed E-state index contributed by atoms with van der Waals surface area (Å²) in [5, 5.41) is 5.54. The minimum Gasteiger partial charge on any atom is -0.384 e. The van der Waals surface area contributed by atoms with E-state index in [9.17, 15) is 18.0 Å². The minimum absolute atomic E-state index is 0.0990. The molecule has 106 valence electrons. The zero-order valence-corrected chi connectivity index (χ0v) is 11.9. The van der Waals surface area contributed by atoms with E-state index in [0.717, 1.165) is 12.1 Å². The summed E-state index contributed by atoms with van der Waals surface area (Å²) in [5.74, 6) is -0.0990. The van der Waals surface area contributed by atoms with Gasteiger partial charge in [-0.15, -0.1) is 0 Å². The van der Waals surface area contributed by atoms with Crippen molar-refractivity contribution >= 4 is 27.5 Å². The molecule has 1 aromatic carbocycles. The highest BCUT2D eigenvalue weighted by Crippen LogP contribution is 2.33. The van der Waals surface area contributed by atoms with E-state index in [1.54, 1.807) is 0 Å². The number of rotatable bonds is 5. The average molecular weight is 339 g/mol. The van der Waals surface area contributed by atoms with Gasteiger partial charge in [0.2, 0.25) is 5.91 Å². The third-order valence-electron chi connectivity index (χ3n) is 2.34. The Morgan fingerprint density at radius 3 is 2.58 bits per heavy atom. The Morgan fingerprint density at radius 2 is 2.05 bits per heavy atom. The van der Waals surface area contributed by atoms with E-state index in [2.05, 4.69) is 26.6 Å². The van der Waals surface area contributed by atoms with Crippen LogP contribution in [0, 0.1) is 0 Å². The molecule has 0 unspecified atom stereocenters. The Balaban J connectivity index is 2.58. The largest absolute Gasteiger partial charge is 0.416 e. The van der Waals surface area contributed by atoms with Crippen molar-refractivity contribution in [2.75, 3.05) is 18.4 Å². The molecule has 0 aliphatic rings. The van der Waals surface area contributed by atoms with Gasteiger partial charge in [-0.3, -0.25) is 4.79 Å². The second-order valence-corrected chi connectivity index (χ2v) is 4.68. The highest BCUT2D eigenvalue weighted by atomic mass is 79.9. The van der Waals surface area contributed by atoms with Crippen LogP contribution in [0.15, 0.2) is 22.7 Å². The van der Waals surface area contributed by atoms with Gasteiger partial charge in [0.05, 0.1) is 5.56 Å². The number of anilines is 1. The van der Waals surface area contributed by atoms with Crippen molar-refractivity contribution in [3.8, 4) is 0 Å². The lowest BCUT2D eigenvalue weighted by Gasteiger charge is -2.11. The molecule has 1 aromatic rings. The molecule has 3 nitrogen and oxygen atoms in total. The van der Waals surface area contributed by atoms with E-state index in [1.807, 2.05) is 6.92 Å². The van der Waals surface area contributed by atoms with Crippen molar-refractivity contribution < 1.29 is 18.0 Å². The molecule has 0 fully saturated rings. The van der Waals surface area contributed by atoms with E-state index in [1.165, 1.54) is 6.07 Å². The number of hydrogen-bond donors (Lipinski definition) is 2. The van der Waals surface area contributed by atoms with Crippen LogP contribution in [0.5, 0.6) is 0 Å². The number of halogens is 4. The van der Waals surface area contributed by atoms with Gasteiger partial charge in [0.1, 0.15) is 0 Å². The first-order valence-corrected chi connectivity index (χ1v) is 6.51. The van der Waals surface area contributed by atoms with Crippen molar-refractivity contribution in [2.45, 2.75) is 19.5 Å². The molecule has 7 heteroatoms. The van der Waals surface area contributed by atoms with Gasteiger partial charge in [-0.1, -0.05) is 0 Å². The summed E-state index contributed by atoms with van der Waals surface area (Å²) in [7, 11) is 0. The lowest BCUT2D eigenvalue weighted by molar-refractivity contribution is -0.137. The number of hydrogen-bond acceptors (Lipinski definition) is 2. The molecule has 1 rings (SSSR count). The molecule has 0 atom stereocenters. The molecule has 0 heterocycles. The summed E-state index contributed by atoms with van der Waals surface area (Å²) in [5.41, 5.74) is -0.189. The third-order valence-corrected chi connectivity index (χ3v) is 2.99. The Kier molecular flexibility index (Phi) is 5.65. The molecule has 0 aliphatic carbocycles. The molecule has 0 saturated heterocycles. The van der Waals surface area contributed by atoms with Crippen LogP contribution < -0.4 is 10.6 Å². The van der Waals surface area contributed by atoms with E-state index >= 15 is 0 Å². The Hall–Kier alpha value is -1.24.